The molecule has 0 aliphatic carbocycles. The van der Waals surface area contributed by atoms with E-state index in [1.165, 1.54) is 5.38 Å². The number of ether oxygens (including phenoxy) is 2. The summed E-state index contributed by atoms with van der Waals surface area (Å²) in [4.78, 5) is 50.0. The number of esters is 1. The minimum atomic E-state index is -1.23. The van der Waals surface area contributed by atoms with Crippen molar-refractivity contribution < 1.29 is 28.7 Å². The maximum absolute atomic E-state index is 12.1. The molecule has 0 aliphatic heterocycles. The fourth-order valence-corrected chi connectivity index (χ4v) is 2.29. The number of urea groups is 1. The molecule has 0 aromatic carbocycles. The van der Waals surface area contributed by atoms with Crippen molar-refractivity contribution in [3.05, 3.63) is 11.1 Å². The van der Waals surface area contributed by atoms with E-state index in [0.717, 1.165) is 11.3 Å². The summed E-state index contributed by atoms with van der Waals surface area (Å²) < 4.78 is 9.86. The van der Waals surface area contributed by atoms with Crippen molar-refractivity contribution in [3.63, 3.8) is 0 Å². The minimum absolute atomic E-state index is 0. The van der Waals surface area contributed by atoms with Crippen LogP contribution in [0.1, 0.15) is 39.4 Å². The van der Waals surface area contributed by atoms with Crippen molar-refractivity contribution >= 4 is 53.4 Å². The average molecular weight is 424 g/mol. The number of carbonyl (C=O) groups excluding carboxylic acids is 4. The maximum atomic E-state index is 12.1. The molecule has 1 aromatic rings. The molecule has 0 bridgehead atoms. The van der Waals surface area contributed by atoms with Gasteiger partial charge in [0.1, 0.15) is 5.60 Å². The molecular weight excluding hydrogens is 402 g/mol. The van der Waals surface area contributed by atoms with Crippen LogP contribution in [0.3, 0.4) is 0 Å². The number of anilines is 1. The molecule has 1 unspecified atom stereocenters. The molecule has 152 valence electrons. The number of amides is 4. The number of hydrazine groups is 1. The normalized spacial score (nSPS) is 11.3. The van der Waals surface area contributed by atoms with Crippen LogP contribution in [-0.4, -0.2) is 41.7 Å². The molecule has 4 N–H and O–H groups in total. The fourth-order valence-electron chi connectivity index (χ4n) is 1.59. The molecule has 1 rings (SSSR count). The number of carbonyl (C=O) groups is 4. The highest BCUT2D eigenvalue weighted by Crippen LogP contribution is 2.21. The third kappa shape index (κ3) is 9.06. The Morgan fingerprint density at radius 3 is 2.52 bits per heavy atom. The van der Waals surface area contributed by atoms with E-state index in [1.54, 1.807) is 27.7 Å². The quantitative estimate of drug-likeness (QED) is 0.307. The zero-order chi connectivity index (χ0) is 19.7. The Bertz CT molecular complexity index is 663. The van der Waals surface area contributed by atoms with E-state index in [2.05, 4.69) is 21.0 Å². The number of thiazole rings is 1. The van der Waals surface area contributed by atoms with Crippen LogP contribution >= 0.6 is 23.7 Å². The Morgan fingerprint density at radius 2 is 1.96 bits per heavy atom. The van der Waals surface area contributed by atoms with Crippen LogP contribution < -0.4 is 21.5 Å². The van der Waals surface area contributed by atoms with E-state index in [1.807, 2.05) is 5.43 Å². The second-order valence-corrected chi connectivity index (χ2v) is 6.61. The van der Waals surface area contributed by atoms with Gasteiger partial charge in [0.15, 0.2) is 11.2 Å². The van der Waals surface area contributed by atoms with Crippen LogP contribution in [0.2, 0.25) is 0 Å². The van der Waals surface area contributed by atoms with Crippen LogP contribution in [0.15, 0.2) is 5.38 Å². The van der Waals surface area contributed by atoms with Crippen molar-refractivity contribution in [1.82, 2.24) is 21.2 Å². The first kappa shape index (κ1) is 24.4. The molecule has 1 atom stereocenters. The summed E-state index contributed by atoms with van der Waals surface area (Å²) in [5, 5.41) is 6.40. The molecule has 0 spiro atoms. The lowest BCUT2D eigenvalue weighted by molar-refractivity contribution is -0.145. The monoisotopic (exact) mass is 423 g/mol. The number of nitrogens with one attached hydrogen (secondary N) is 4. The Kier molecular flexibility index (Phi) is 10.1. The van der Waals surface area contributed by atoms with Gasteiger partial charge >= 0.3 is 18.1 Å². The number of rotatable bonds is 6. The predicted octanol–water partition coefficient (Wildman–Crippen LogP) is 1.48. The molecule has 0 saturated carbocycles. The van der Waals surface area contributed by atoms with Gasteiger partial charge in [-0.3, -0.25) is 4.79 Å². The standard InChI is InChI=1S/C14H21N5O6S.ClH/c1-5-24-10(21)9(8-6-26-12(16-8)15-7-20)17-11(22)18-19-13(23)25-14(2,3)4;/h6-7,9H,5H2,1-4H3,(H,19,23)(H,15,16,20)(H2,17,18,22);1H. The highest BCUT2D eigenvalue weighted by molar-refractivity contribution is 7.13. The summed E-state index contributed by atoms with van der Waals surface area (Å²) in [5.41, 5.74) is 3.53. The summed E-state index contributed by atoms with van der Waals surface area (Å²) in [6.07, 6.45) is -0.432. The molecule has 1 aromatic heterocycles. The number of hydrogen-bond acceptors (Lipinski definition) is 8. The third-order valence-corrected chi connectivity index (χ3v) is 3.27. The average Bonchev–Trinajstić information content (AvgIpc) is 2.98. The molecule has 11 nitrogen and oxygen atoms in total. The smallest absolute Gasteiger partial charge is 0.426 e. The van der Waals surface area contributed by atoms with E-state index >= 15 is 0 Å². The van der Waals surface area contributed by atoms with Crippen LogP contribution in [0.4, 0.5) is 14.7 Å². The van der Waals surface area contributed by atoms with Crippen LogP contribution in [-0.2, 0) is 19.1 Å². The van der Waals surface area contributed by atoms with Crippen LogP contribution in [0.5, 0.6) is 0 Å². The molecule has 13 heteroatoms. The fraction of sp³-hybridized carbons (Fsp3) is 0.500. The van der Waals surface area contributed by atoms with E-state index in [-0.39, 0.29) is 29.8 Å². The predicted molar refractivity (Wildman–Crippen MR) is 99.5 cm³/mol. The van der Waals surface area contributed by atoms with E-state index in [0.29, 0.717) is 6.41 Å². The first-order chi connectivity index (χ1) is 12.2. The Balaban J connectivity index is 0.00000676. The van der Waals surface area contributed by atoms with E-state index in [4.69, 9.17) is 9.47 Å². The maximum Gasteiger partial charge on any atom is 0.426 e. The summed E-state index contributed by atoms with van der Waals surface area (Å²) in [7, 11) is 0. The van der Waals surface area contributed by atoms with Gasteiger partial charge in [-0.1, -0.05) is 0 Å². The lowest BCUT2D eigenvalue weighted by Crippen LogP contribution is -2.50. The van der Waals surface area contributed by atoms with Gasteiger partial charge in [0, 0.05) is 5.38 Å². The topological polar surface area (TPSA) is 148 Å². The van der Waals surface area contributed by atoms with Crippen LogP contribution in [0.25, 0.3) is 0 Å². The highest BCUT2D eigenvalue weighted by atomic mass is 35.5. The molecule has 4 amide bonds. The second kappa shape index (κ2) is 11.2. The first-order valence-corrected chi connectivity index (χ1v) is 8.42. The van der Waals surface area contributed by atoms with Gasteiger partial charge in [-0.15, -0.1) is 23.7 Å². The number of halogens is 1. The number of hydrogen-bond donors (Lipinski definition) is 4. The van der Waals surface area contributed by atoms with Crippen molar-refractivity contribution in [3.8, 4) is 0 Å². The van der Waals surface area contributed by atoms with Crippen molar-refractivity contribution in [1.29, 1.82) is 0 Å². The van der Waals surface area contributed by atoms with Gasteiger partial charge in [0.25, 0.3) is 0 Å². The zero-order valence-electron chi connectivity index (χ0n) is 15.2. The summed E-state index contributed by atoms with van der Waals surface area (Å²) in [6, 6.07) is -2.11. The largest absolute Gasteiger partial charge is 0.464 e. The molecule has 27 heavy (non-hydrogen) atoms. The Hall–Kier alpha value is -2.60. The Labute approximate surface area is 166 Å². The molecule has 1 heterocycles. The minimum Gasteiger partial charge on any atom is -0.464 e. The highest BCUT2D eigenvalue weighted by Gasteiger charge is 2.27. The van der Waals surface area contributed by atoms with E-state index in [9.17, 15) is 19.2 Å². The van der Waals surface area contributed by atoms with Crippen molar-refractivity contribution in [2.75, 3.05) is 11.9 Å². The molecule has 0 radical (unpaired) electrons. The molecule has 0 saturated heterocycles. The van der Waals surface area contributed by atoms with Gasteiger partial charge in [-0.25, -0.2) is 30.2 Å². The molecule has 0 fully saturated rings. The summed E-state index contributed by atoms with van der Waals surface area (Å²) >= 11 is 1.07. The summed E-state index contributed by atoms with van der Waals surface area (Å²) in [6.45, 7) is 6.70. The van der Waals surface area contributed by atoms with Crippen molar-refractivity contribution in [2.45, 2.75) is 39.3 Å². The van der Waals surface area contributed by atoms with Gasteiger partial charge in [-0.05, 0) is 27.7 Å². The summed E-state index contributed by atoms with van der Waals surface area (Å²) in [5.74, 6) is -0.747. The van der Waals surface area contributed by atoms with Gasteiger partial charge in [0.05, 0.1) is 12.3 Å². The van der Waals surface area contributed by atoms with E-state index < -0.39 is 29.7 Å². The lowest BCUT2D eigenvalue weighted by atomic mass is 10.2. The SMILES string of the molecule is CCOC(=O)C(NC(=O)NNC(=O)OC(C)(C)C)c1csc(NC=O)n1.Cl. The molecular formula is C14H22ClN5O6S. The van der Waals surface area contributed by atoms with Crippen molar-refractivity contribution in [2.24, 2.45) is 0 Å². The van der Waals surface area contributed by atoms with Gasteiger partial charge < -0.3 is 20.1 Å². The Morgan fingerprint density at radius 1 is 1.30 bits per heavy atom. The van der Waals surface area contributed by atoms with Crippen LogP contribution in [0, 0.1) is 0 Å². The second-order valence-electron chi connectivity index (χ2n) is 5.75. The number of nitrogens with zero attached hydrogens (tertiary/aromatic N) is 1. The lowest BCUT2D eigenvalue weighted by Gasteiger charge is -2.20. The zero-order valence-corrected chi connectivity index (χ0v) is 16.8. The van der Waals surface area contributed by atoms with Gasteiger partial charge in [-0.2, -0.15) is 0 Å². The third-order valence-electron chi connectivity index (χ3n) is 2.47. The van der Waals surface area contributed by atoms with Gasteiger partial charge in [0.2, 0.25) is 6.41 Å². The molecule has 0 aliphatic rings. The first-order valence-electron chi connectivity index (χ1n) is 7.54. The number of aromatic nitrogens is 1.